The number of carbonyl (C=O) groups excluding carboxylic acids is 2. The molecule has 4 nitrogen and oxygen atoms in total. The first kappa shape index (κ1) is 21.0. The van der Waals surface area contributed by atoms with Crippen LogP contribution < -0.4 is 0 Å². The van der Waals surface area contributed by atoms with Gasteiger partial charge in [0.1, 0.15) is 12.4 Å². The summed E-state index contributed by atoms with van der Waals surface area (Å²) in [5.74, 6) is -0.124. The molecule has 4 rings (SSSR count). The Kier molecular flexibility index (Phi) is 6.23. The molecule has 0 saturated heterocycles. The molecule has 2 heterocycles. The average Bonchev–Trinajstić information content (AvgIpc) is 3.18. The van der Waals surface area contributed by atoms with Crippen LogP contribution in [0.1, 0.15) is 61.6 Å². The number of benzene rings is 1. The van der Waals surface area contributed by atoms with Gasteiger partial charge in [0.05, 0.1) is 6.04 Å². The molecule has 1 aromatic heterocycles. The van der Waals surface area contributed by atoms with E-state index in [0.29, 0.717) is 6.54 Å². The van der Waals surface area contributed by atoms with Gasteiger partial charge in [0.25, 0.3) is 0 Å². The summed E-state index contributed by atoms with van der Waals surface area (Å²) < 4.78 is 13.5. The number of thiophene rings is 1. The number of fused-ring (bicyclic) bond motifs is 1. The summed E-state index contributed by atoms with van der Waals surface area (Å²) >= 11 is 1.71. The lowest BCUT2D eigenvalue weighted by atomic mass is 9.84. The molecule has 1 aromatic carbocycles. The first-order valence-electron chi connectivity index (χ1n) is 10.9. The second kappa shape index (κ2) is 8.88. The monoisotopic (exact) mass is 428 g/mol. The van der Waals surface area contributed by atoms with Crippen LogP contribution in [-0.4, -0.2) is 40.7 Å². The minimum atomic E-state index is -0.285. The van der Waals surface area contributed by atoms with Gasteiger partial charge in [-0.1, -0.05) is 25.5 Å². The topological polar surface area (TPSA) is 40.6 Å². The predicted molar refractivity (Wildman–Crippen MR) is 117 cm³/mol. The second-order valence-corrected chi connectivity index (χ2v) is 9.44. The van der Waals surface area contributed by atoms with E-state index in [-0.39, 0.29) is 42.2 Å². The van der Waals surface area contributed by atoms with E-state index in [1.54, 1.807) is 28.4 Å². The van der Waals surface area contributed by atoms with Crippen molar-refractivity contribution in [2.75, 3.05) is 13.1 Å². The molecule has 2 aliphatic rings. The van der Waals surface area contributed by atoms with Crippen molar-refractivity contribution in [3.63, 3.8) is 0 Å². The first-order valence-corrected chi connectivity index (χ1v) is 11.8. The minimum Gasteiger partial charge on any atom is -0.330 e. The maximum Gasteiger partial charge on any atom is 0.243 e. The van der Waals surface area contributed by atoms with Crippen LogP contribution in [0.15, 0.2) is 35.7 Å². The molecule has 0 N–H and O–H groups in total. The Morgan fingerprint density at radius 2 is 1.97 bits per heavy atom. The summed E-state index contributed by atoms with van der Waals surface area (Å²) in [7, 11) is 0. The van der Waals surface area contributed by atoms with E-state index in [0.717, 1.165) is 43.2 Å². The van der Waals surface area contributed by atoms with Gasteiger partial charge in [0.2, 0.25) is 11.8 Å². The van der Waals surface area contributed by atoms with Crippen molar-refractivity contribution in [1.29, 1.82) is 0 Å². The number of nitrogens with zero attached hydrogens (tertiary/aromatic N) is 2. The quantitative estimate of drug-likeness (QED) is 0.664. The molecule has 30 heavy (non-hydrogen) atoms. The van der Waals surface area contributed by atoms with Crippen LogP contribution in [0.25, 0.3) is 0 Å². The van der Waals surface area contributed by atoms with Crippen LogP contribution in [0.2, 0.25) is 0 Å². The summed E-state index contributed by atoms with van der Waals surface area (Å²) in [6.45, 7) is 4.80. The molecule has 6 heteroatoms. The average molecular weight is 429 g/mol. The molecule has 1 fully saturated rings. The van der Waals surface area contributed by atoms with E-state index in [1.807, 2.05) is 11.8 Å². The van der Waals surface area contributed by atoms with E-state index >= 15 is 0 Å². The van der Waals surface area contributed by atoms with Gasteiger partial charge in [-0.05, 0) is 67.3 Å². The number of hydrogen-bond acceptors (Lipinski definition) is 3. The minimum absolute atomic E-state index is 0.0332. The van der Waals surface area contributed by atoms with Crippen molar-refractivity contribution >= 4 is 23.2 Å². The fourth-order valence-electron chi connectivity index (χ4n) is 4.39. The van der Waals surface area contributed by atoms with Crippen molar-refractivity contribution in [2.45, 2.75) is 58.0 Å². The number of hydrogen-bond donors (Lipinski definition) is 0. The van der Waals surface area contributed by atoms with Crippen LogP contribution in [0, 0.1) is 11.7 Å². The van der Waals surface area contributed by atoms with Crippen LogP contribution in [0.4, 0.5) is 4.39 Å². The third kappa shape index (κ3) is 4.02. The van der Waals surface area contributed by atoms with Gasteiger partial charge in [-0.25, -0.2) is 4.39 Å². The van der Waals surface area contributed by atoms with Gasteiger partial charge >= 0.3 is 0 Å². The smallest absolute Gasteiger partial charge is 0.243 e. The third-order valence-electron chi connectivity index (χ3n) is 6.64. The summed E-state index contributed by atoms with van der Waals surface area (Å²) in [6, 6.07) is 8.30. The highest BCUT2D eigenvalue weighted by Gasteiger charge is 2.37. The number of halogens is 1. The predicted octanol–water partition coefficient (Wildman–Crippen LogP) is 4.79. The van der Waals surface area contributed by atoms with Crippen molar-refractivity contribution in [3.8, 4) is 0 Å². The van der Waals surface area contributed by atoms with Crippen molar-refractivity contribution in [2.24, 2.45) is 5.92 Å². The molecule has 2 amide bonds. The largest absolute Gasteiger partial charge is 0.330 e. The highest BCUT2D eigenvalue weighted by atomic mass is 32.1. The van der Waals surface area contributed by atoms with Crippen molar-refractivity contribution < 1.29 is 14.0 Å². The van der Waals surface area contributed by atoms with Gasteiger partial charge < -0.3 is 9.80 Å². The summed E-state index contributed by atoms with van der Waals surface area (Å²) in [5, 5.41) is 2.06. The van der Waals surface area contributed by atoms with E-state index in [9.17, 15) is 14.0 Å². The number of amides is 2. The van der Waals surface area contributed by atoms with Crippen LogP contribution in [-0.2, 0) is 16.0 Å². The fraction of sp³-hybridized carbons (Fsp3) is 0.500. The normalized spacial score (nSPS) is 19.7. The molecule has 1 aliphatic heterocycles. The Bertz CT molecular complexity index is 906. The molecule has 2 atom stereocenters. The molecule has 0 bridgehead atoms. The number of carbonyl (C=O) groups is 2. The van der Waals surface area contributed by atoms with E-state index < -0.39 is 0 Å². The molecule has 1 saturated carbocycles. The molecule has 0 unspecified atom stereocenters. The van der Waals surface area contributed by atoms with Crippen molar-refractivity contribution in [1.82, 2.24) is 9.80 Å². The first-order chi connectivity index (χ1) is 14.5. The van der Waals surface area contributed by atoms with Crippen LogP contribution in [0.5, 0.6) is 0 Å². The summed E-state index contributed by atoms with van der Waals surface area (Å²) in [5.41, 5.74) is 2.02. The van der Waals surface area contributed by atoms with Crippen molar-refractivity contribution in [3.05, 3.63) is 57.5 Å². The van der Waals surface area contributed by atoms with E-state index in [4.69, 9.17) is 0 Å². The maximum absolute atomic E-state index is 13.5. The lowest BCUT2D eigenvalue weighted by Crippen LogP contribution is -2.51. The van der Waals surface area contributed by atoms with Gasteiger partial charge in [-0.2, -0.15) is 0 Å². The molecular formula is C24H29FN2O2S. The van der Waals surface area contributed by atoms with Gasteiger partial charge in [-0.3, -0.25) is 9.59 Å². The number of rotatable bonds is 6. The molecule has 0 spiro atoms. The Labute approximate surface area is 181 Å². The summed E-state index contributed by atoms with van der Waals surface area (Å²) in [4.78, 5) is 31.5. The van der Waals surface area contributed by atoms with Gasteiger partial charge in [-0.15, -0.1) is 11.3 Å². The lowest BCUT2D eigenvalue weighted by molar-refractivity contribution is -0.147. The Hall–Kier alpha value is -2.21. The second-order valence-electron chi connectivity index (χ2n) is 8.44. The zero-order chi connectivity index (χ0) is 21.3. The van der Waals surface area contributed by atoms with Crippen LogP contribution in [0.3, 0.4) is 0 Å². The highest BCUT2D eigenvalue weighted by molar-refractivity contribution is 7.10. The molecule has 1 aliphatic carbocycles. The van der Waals surface area contributed by atoms with Gasteiger partial charge in [0.15, 0.2) is 0 Å². The third-order valence-corrected chi connectivity index (χ3v) is 7.63. The SMILES string of the molecule is CC[C@H](C)N(CC(=O)N1CCc2sccc2[C@@H]1c1ccc(F)cc1)C(=O)C1CCC1. The Morgan fingerprint density at radius 3 is 2.60 bits per heavy atom. The highest BCUT2D eigenvalue weighted by Crippen LogP contribution is 2.38. The molecule has 2 aromatic rings. The zero-order valence-corrected chi connectivity index (χ0v) is 18.5. The summed E-state index contributed by atoms with van der Waals surface area (Å²) in [6.07, 6.45) is 4.59. The Morgan fingerprint density at radius 1 is 1.23 bits per heavy atom. The van der Waals surface area contributed by atoms with E-state index in [1.165, 1.54) is 17.0 Å². The zero-order valence-electron chi connectivity index (χ0n) is 17.6. The fourth-order valence-corrected chi connectivity index (χ4v) is 5.29. The Balaban J connectivity index is 1.60. The molecule has 0 radical (unpaired) electrons. The molecular weight excluding hydrogens is 399 g/mol. The standard InChI is InChI=1S/C24H29FN2O2S/c1-3-16(2)27(24(29)18-5-4-6-18)15-22(28)26-13-11-21-20(12-14-30-21)23(26)17-7-9-19(25)10-8-17/h7-10,12,14,16,18,23H,3-6,11,13,15H2,1-2H3/t16-,23-/m0/s1. The molecule has 160 valence electrons. The lowest BCUT2D eigenvalue weighted by Gasteiger charge is -2.40. The van der Waals surface area contributed by atoms with E-state index in [2.05, 4.69) is 18.4 Å². The maximum atomic E-state index is 13.5. The van der Waals surface area contributed by atoms with Gasteiger partial charge in [0, 0.05) is 23.4 Å². The van der Waals surface area contributed by atoms with Crippen LogP contribution >= 0.6 is 11.3 Å².